The van der Waals surface area contributed by atoms with Gasteiger partial charge in [-0.15, -0.1) is 0 Å². The molecule has 0 saturated carbocycles. The summed E-state index contributed by atoms with van der Waals surface area (Å²) in [4.78, 5) is 59.1. The predicted octanol–water partition coefficient (Wildman–Crippen LogP) is -3.31. The highest BCUT2D eigenvalue weighted by atomic mass is 16.4. The molecule has 0 spiro atoms. The lowest BCUT2D eigenvalue weighted by atomic mass is 10.1. The third kappa shape index (κ3) is 8.57. The molecule has 0 radical (unpaired) electrons. The van der Waals surface area contributed by atoms with Crippen LogP contribution in [0, 0.1) is 0 Å². The number of aromatic hydroxyl groups is 1. The van der Waals surface area contributed by atoms with Gasteiger partial charge in [-0.05, 0) is 31.0 Å². The summed E-state index contributed by atoms with van der Waals surface area (Å²) < 4.78 is 0. The average molecular weight is 453 g/mol. The van der Waals surface area contributed by atoms with Crippen LogP contribution in [-0.4, -0.2) is 75.7 Å². The van der Waals surface area contributed by atoms with Crippen LogP contribution < -0.4 is 27.4 Å². The largest absolute Gasteiger partial charge is 0.508 e. The maximum atomic E-state index is 12.4. The van der Waals surface area contributed by atoms with Gasteiger partial charge in [-0.2, -0.15) is 0 Å². The molecular formula is C19H27N5O8. The van der Waals surface area contributed by atoms with Crippen molar-refractivity contribution < 1.29 is 39.3 Å². The van der Waals surface area contributed by atoms with Gasteiger partial charge in [0, 0.05) is 0 Å². The van der Waals surface area contributed by atoms with Crippen LogP contribution in [0.25, 0.3) is 0 Å². The maximum Gasteiger partial charge on any atom is 0.328 e. The van der Waals surface area contributed by atoms with Crippen LogP contribution in [0.2, 0.25) is 0 Å². The standard InChI is InChI=1S/C19H27N5O8/c1-9(22-17(29)12(20)6-10-2-4-11(26)5-3-10)16(28)23-13(7-15(21)27)18(30)24-14(8-25)19(31)32/h2-5,9,12-14,25-26H,6-8,20H2,1H3,(H2,21,27)(H,22,29)(H,23,28)(H,24,30)(H,31,32). The van der Waals surface area contributed by atoms with Gasteiger partial charge < -0.3 is 42.7 Å². The first-order valence-electron chi connectivity index (χ1n) is 9.51. The topological polar surface area (TPSA) is 234 Å². The van der Waals surface area contributed by atoms with Crippen molar-refractivity contribution in [1.29, 1.82) is 0 Å². The third-order valence-corrected chi connectivity index (χ3v) is 4.32. The Hall–Kier alpha value is -3.71. The van der Waals surface area contributed by atoms with Crippen molar-refractivity contribution in [3.05, 3.63) is 29.8 Å². The second kappa shape index (κ2) is 12.2. The van der Waals surface area contributed by atoms with Gasteiger partial charge in [0.2, 0.25) is 23.6 Å². The first-order chi connectivity index (χ1) is 14.9. The number of carbonyl (C=O) groups is 5. The van der Waals surface area contributed by atoms with Gasteiger partial charge >= 0.3 is 5.97 Å². The van der Waals surface area contributed by atoms with Gasteiger partial charge in [-0.3, -0.25) is 19.2 Å². The Kier molecular flexibility index (Phi) is 10.1. The number of hydrogen-bond donors (Lipinski definition) is 8. The summed E-state index contributed by atoms with van der Waals surface area (Å²) in [6.07, 6.45) is -0.513. The zero-order valence-electron chi connectivity index (χ0n) is 17.3. The Bertz CT molecular complexity index is 845. The minimum Gasteiger partial charge on any atom is -0.508 e. The molecule has 1 rings (SSSR count). The zero-order chi connectivity index (χ0) is 24.4. The number of nitrogens with two attached hydrogens (primary N) is 2. The summed E-state index contributed by atoms with van der Waals surface area (Å²) in [7, 11) is 0. The van der Waals surface area contributed by atoms with Gasteiger partial charge in [0.05, 0.1) is 19.1 Å². The lowest BCUT2D eigenvalue weighted by Gasteiger charge is -2.22. The van der Waals surface area contributed by atoms with E-state index >= 15 is 0 Å². The molecule has 4 unspecified atom stereocenters. The number of carbonyl (C=O) groups excluding carboxylic acids is 4. The van der Waals surface area contributed by atoms with Gasteiger partial charge in [-0.25, -0.2) is 4.79 Å². The second-order valence-corrected chi connectivity index (χ2v) is 7.02. The highest BCUT2D eigenvalue weighted by molar-refractivity contribution is 5.96. The van der Waals surface area contributed by atoms with Crippen LogP contribution in [0.5, 0.6) is 5.75 Å². The van der Waals surface area contributed by atoms with Gasteiger partial charge in [0.25, 0.3) is 0 Å². The van der Waals surface area contributed by atoms with Crippen LogP contribution in [0.4, 0.5) is 0 Å². The number of phenols is 1. The third-order valence-electron chi connectivity index (χ3n) is 4.32. The molecule has 32 heavy (non-hydrogen) atoms. The first-order valence-corrected chi connectivity index (χ1v) is 9.51. The van der Waals surface area contributed by atoms with E-state index in [0.29, 0.717) is 5.56 Å². The SMILES string of the molecule is CC(NC(=O)C(N)Cc1ccc(O)cc1)C(=O)NC(CC(N)=O)C(=O)NC(CO)C(=O)O. The van der Waals surface area contributed by atoms with Gasteiger partial charge in [0.1, 0.15) is 23.9 Å². The smallest absolute Gasteiger partial charge is 0.328 e. The minimum absolute atomic E-state index is 0.0558. The fourth-order valence-corrected chi connectivity index (χ4v) is 2.53. The monoisotopic (exact) mass is 453 g/mol. The number of aliphatic carboxylic acids is 1. The lowest BCUT2D eigenvalue weighted by molar-refractivity contribution is -0.143. The van der Waals surface area contributed by atoms with E-state index in [-0.39, 0.29) is 12.2 Å². The molecular weight excluding hydrogens is 426 g/mol. The number of phenolic OH excluding ortho intramolecular Hbond substituents is 1. The van der Waals surface area contributed by atoms with E-state index in [2.05, 4.69) is 10.6 Å². The summed E-state index contributed by atoms with van der Waals surface area (Å²) in [5.74, 6) is -4.99. The van der Waals surface area contributed by atoms with Crippen molar-refractivity contribution in [1.82, 2.24) is 16.0 Å². The molecule has 0 bridgehead atoms. The summed E-state index contributed by atoms with van der Waals surface area (Å²) >= 11 is 0. The fraction of sp³-hybridized carbons (Fsp3) is 0.421. The molecule has 13 heteroatoms. The molecule has 176 valence electrons. The summed E-state index contributed by atoms with van der Waals surface area (Å²) in [5.41, 5.74) is 11.6. The second-order valence-electron chi connectivity index (χ2n) is 7.02. The number of rotatable bonds is 12. The number of carboxylic acid groups (broad SMARTS) is 1. The molecule has 1 aromatic carbocycles. The Labute approximate surface area is 183 Å². The van der Waals surface area contributed by atoms with E-state index in [1.165, 1.54) is 19.1 Å². The van der Waals surface area contributed by atoms with Crippen molar-refractivity contribution in [2.45, 2.75) is 43.9 Å². The van der Waals surface area contributed by atoms with Crippen LogP contribution in [0.1, 0.15) is 18.9 Å². The summed E-state index contributed by atoms with van der Waals surface area (Å²) in [6.45, 7) is 0.400. The number of primary amides is 1. The Balaban J connectivity index is 2.72. The molecule has 0 aliphatic rings. The number of aliphatic hydroxyl groups excluding tert-OH is 1. The zero-order valence-corrected chi connectivity index (χ0v) is 17.3. The first kappa shape index (κ1) is 26.3. The van der Waals surface area contributed by atoms with Crippen molar-refractivity contribution >= 4 is 29.6 Å². The van der Waals surface area contributed by atoms with Crippen molar-refractivity contribution in [2.24, 2.45) is 11.5 Å². The van der Waals surface area contributed by atoms with Crippen LogP contribution in [0.15, 0.2) is 24.3 Å². The molecule has 4 amide bonds. The highest BCUT2D eigenvalue weighted by Crippen LogP contribution is 2.11. The Morgan fingerprint density at radius 1 is 0.938 bits per heavy atom. The minimum atomic E-state index is -1.65. The Morgan fingerprint density at radius 3 is 2.00 bits per heavy atom. The molecule has 0 aromatic heterocycles. The van der Waals surface area contributed by atoms with Crippen molar-refractivity contribution in [2.75, 3.05) is 6.61 Å². The normalized spacial score (nSPS) is 14.3. The summed E-state index contributed by atoms with van der Waals surface area (Å²) in [5, 5.41) is 33.7. The van der Waals surface area contributed by atoms with Crippen molar-refractivity contribution in [3.63, 3.8) is 0 Å². The molecule has 4 atom stereocenters. The van der Waals surface area contributed by atoms with E-state index in [1.807, 2.05) is 5.32 Å². The number of nitrogens with one attached hydrogen (secondary N) is 3. The van der Waals surface area contributed by atoms with E-state index in [1.54, 1.807) is 12.1 Å². The molecule has 0 aliphatic carbocycles. The Morgan fingerprint density at radius 2 is 1.50 bits per heavy atom. The number of hydrogen-bond acceptors (Lipinski definition) is 8. The van der Waals surface area contributed by atoms with E-state index in [9.17, 15) is 29.1 Å². The quantitative estimate of drug-likeness (QED) is 0.158. The van der Waals surface area contributed by atoms with E-state index in [0.717, 1.165) is 0 Å². The molecule has 13 nitrogen and oxygen atoms in total. The molecule has 1 aromatic rings. The van der Waals surface area contributed by atoms with E-state index in [4.69, 9.17) is 21.7 Å². The molecule has 0 aliphatic heterocycles. The molecule has 0 fully saturated rings. The predicted molar refractivity (Wildman–Crippen MR) is 110 cm³/mol. The summed E-state index contributed by atoms with van der Waals surface area (Å²) in [6, 6.07) is 0.690. The highest BCUT2D eigenvalue weighted by Gasteiger charge is 2.29. The van der Waals surface area contributed by atoms with Crippen LogP contribution in [-0.2, 0) is 30.4 Å². The number of benzene rings is 1. The number of carboxylic acids is 1. The number of amides is 4. The van der Waals surface area contributed by atoms with Crippen LogP contribution >= 0.6 is 0 Å². The lowest BCUT2D eigenvalue weighted by Crippen LogP contribution is -2.57. The fourth-order valence-electron chi connectivity index (χ4n) is 2.53. The molecule has 0 saturated heterocycles. The van der Waals surface area contributed by atoms with Crippen molar-refractivity contribution in [3.8, 4) is 5.75 Å². The maximum absolute atomic E-state index is 12.4. The molecule has 10 N–H and O–H groups in total. The van der Waals surface area contributed by atoms with E-state index < -0.39 is 66.8 Å². The van der Waals surface area contributed by atoms with Gasteiger partial charge in [-0.1, -0.05) is 12.1 Å². The van der Waals surface area contributed by atoms with Gasteiger partial charge in [0.15, 0.2) is 0 Å². The number of aliphatic hydroxyl groups is 1. The molecule has 0 heterocycles. The average Bonchev–Trinajstić information content (AvgIpc) is 2.72. The van der Waals surface area contributed by atoms with Crippen LogP contribution in [0.3, 0.4) is 0 Å².